The average Bonchev–Trinajstić information content (AvgIpc) is 2.70. The van der Waals surface area contributed by atoms with Crippen molar-refractivity contribution in [3.8, 4) is 0 Å². The maximum absolute atomic E-state index is 11.6. The van der Waals surface area contributed by atoms with Crippen molar-refractivity contribution >= 4 is 42.1 Å². The molecule has 0 aliphatic rings. The van der Waals surface area contributed by atoms with Crippen LogP contribution in [0.3, 0.4) is 0 Å². The third kappa shape index (κ3) is 6.21. The van der Waals surface area contributed by atoms with Crippen LogP contribution in [0.2, 0.25) is 0 Å². The van der Waals surface area contributed by atoms with Gasteiger partial charge in [0, 0.05) is 31.1 Å². The summed E-state index contributed by atoms with van der Waals surface area (Å²) in [7, 11) is 0. The number of hydrogen-bond donors (Lipinski definition) is 2. The number of carbonyl (C=O) groups is 1. The van der Waals surface area contributed by atoms with Crippen molar-refractivity contribution in [2.24, 2.45) is 11.1 Å². The van der Waals surface area contributed by atoms with Crippen LogP contribution >= 0.6 is 36.2 Å². The number of thiazole rings is 1. The zero-order valence-corrected chi connectivity index (χ0v) is 12.4. The van der Waals surface area contributed by atoms with Gasteiger partial charge in [0.1, 0.15) is 0 Å². The van der Waals surface area contributed by atoms with E-state index in [2.05, 4.69) is 10.3 Å². The number of nitrogens with zero attached hydrogens (tertiary/aromatic N) is 1. The number of carbonyl (C=O) groups excluding carboxylic acids is 1. The quantitative estimate of drug-likeness (QED) is 0.868. The maximum atomic E-state index is 11.6. The van der Waals surface area contributed by atoms with Crippen LogP contribution in [0.5, 0.6) is 0 Å². The molecule has 0 fully saturated rings. The molecule has 0 aliphatic carbocycles. The zero-order valence-electron chi connectivity index (χ0n) is 9.93. The number of rotatable bonds is 5. The van der Waals surface area contributed by atoms with Crippen molar-refractivity contribution in [2.75, 3.05) is 13.1 Å². The molecule has 0 unspecified atom stereocenters. The molecule has 100 valence electrons. The Morgan fingerprint density at radius 2 is 2.18 bits per heavy atom. The number of halogens is 2. The predicted octanol–water partition coefficient (Wildman–Crippen LogP) is 1.63. The Hall–Kier alpha value is -0.360. The van der Waals surface area contributed by atoms with E-state index < -0.39 is 5.41 Å². The first-order valence-electron chi connectivity index (χ1n) is 4.93. The van der Waals surface area contributed by atoms with Crippen molar-refractivity contribution in [1.29, 1.82) is 0 Å². The topological polar surface area (TPSA) is 68.0 Å². The van der Waals surface area contributed by atoms with Gasteiger partial charge in [-0.05, 0) is 13.8 Å². The Labute approximate surface area is 118 Å². The van der Waals surface area contributed by atoms with Crippen molar-refractivity contribution in [3.05, 3.63) is 16.6 Å². The van der Waals surface area contributed by atoms with Crippen molar-refractivity contribution in [3.63, 3.8) is 0 Å². The Morgan fingerprint density at radius 1 is 1.53 bits per heavy atom. The third-order valence-corrected chi connectivity index (χ3v) is 3.07. The van der Waals surface area contributed by atoms with E-state index in [4.69, 9.17) is 5.73 Å². The highest BCUT2D eigenvalue weighted by Crippen LogP contribution is 2.12. The second-order valence-corrected chi connectivity index (χ2v) is 5.00. The second-order valence-electron chi connectivity index (χ2n) is 4.02. The fourth-order valence-electron chi connectivity index (χ4n) is 0.991. The van der Waals surface area contributed by atoms with Gasteiger partial charge in [0.25, 0.3) is 0 Å². The molecule has 1 aromatic rings. The molecule has 7 heteroatoms. The summed E-state index contributed by atoms with van der Waals surface area (Å²) in [6.07, 6.45) is 2.55. The molecular formula is C10H19Cl2N3OS. The standard InChI is InChI=1S/C10H17N3OS.2ClH/c1-10(2,7-11)9(14)13-4-3-8-12-5-6-15-8;;/h5-6H,3-4,7,11H2,1-2H3,(H,13,14);2*1H. The zero-order chi connectivity index (χ0) is 11.3. The molecule has 0 atom stereocenters. The molecule has 1 aromatic heterocycles. The first-order valence-corrected chi connectivity index (χ1v) is 5.81. The number of amides is 1. The van der Waals surface area contributed by atoms with Crippen LogP contribution in [0.4, 0.5) is 0 Å². The van der Waals surface area contributed by atoms with Crippen LogP contribution in [-0.2, 0) is 11.2 Å². The summed E-state index contributed by atoms with van der Waals surface area (Å²) in [5.74, 6) is 0.00144. The molecule has 0 aromatic carbocycles. The molecule has 0 saturated heterocycles. The van der Waals surface area contributed by atoms with Crippen LogP contribution in [0.1, 0.15) is 18.9 Å². The average molecular weight is 300 g/mol. The molecule has 3 N–H and O–H groups in total. The lowest BCUT2D eigenvalue weighted by molar-refractivity contribution is -0.128. The van der Waals surface area contributed by atoms with Gasteiger partial charge in [-0.15, -0.1) is 36.2 Å². The van der Waals surface area contributed by atoms with Gasteiger partial charge in [0.15, 0.2) is 0 Å². The lowest BCUT2D eigenvalue weighted by Gasteiger charge is -2.20. The van der Waals surface area contributed by atoms with Gasteiger partial charge in [0.05, 0.1) is 10.4 Å². The van der Waals surface area contributed by atoms with E-state index in [0.717, 1.165) is 11.4 Å². The molecule has 17 heavy (non-hydrogen) atoms. The summed E-state index contributed by atoms with van der Waals surface area (Å²) in [5.41, 5.74) is 5.02. The Bertz CT molecular complexity index is 317. The minimum absolute atomic E-state index is 0. The first kappa shape index (κ1) is 19.0. The lowest BCUT2D eigenvalue weighted by atomic mass is 9.93. The predicted molar refractivity (Wildman–Crippen MR) is 76.2 cm³/mol. The molecule has 1 heterocycles. The molecular weight excluding hydrogens is 281 g/mol. The van der Waals surface area contributed by atoms with Crippen LogP contribution in [-0.4, -0.2) is 24.0 Å². The second kappa shape index (κ2) is 8.69. The van der Waals surface area contributed by atoms with E-state index in [1.165, 1.54) is 0 Å². The lowest BCUT2D eigenvalue weighted by Crippen LogP contribution is -2.42. The summed E-state index contributed by atoms with van der Waals surface area (Å²) < 4.78 is 0. The number of hydrogen-bond acceptors (Lipinski definition) is 4. The molecule has 0 aliphatic heterocycles. The normalized spacial score (nSPS) is 10.1. The Morgan fingerprint density at radius 3 is 2.65 bits per heavy atom. The van der Waals surface area contributed by atoms with E-state index >= 15 is 0 Å². The fraction of sp³-hybridized carbons (Fsp3) is 0.600. The molecule has 0 saturated carbocycles. The fourth-order valence-corrected chi connectivity index (χ4v) is 1.61. The van der Waals surface area contributed by atoms with Gasteiger partial charge in [-0.3, -0.25) is 4.79 Å². The van der Waals surface area contributed by atoms with Crippen molar-refractivity contribution in [1.82, 2.24) is 10.3 Å². The van der Waals surface area contributed by atoms with E-state index in [1.54, 1.807) is 17.5 Å². The summed E-state index contributed by atoms with van der Waals surface area (Å²) >= 11 is 1.60. The Kier molecular flexibility index (Phi) is 9.71. The first-order chi connectivity index (χ1) is 7.06. The van der Waals surface area contributed by atoms with Crippen molar-refractivity contribution in [2.45, 2.75) is 20.3 Å². The van der Waals surface area contributed by atoms with E-state index in [9.17, 15) is 4.79 Å². The van der Waals surface area contributed by atoms with Gasteiger partial charge in [-0.1, -0.05) is 0 Å². The Balaban J connectivity index is 0. The summed E-state index contributed by atoms with van der Waals surface area (Å²) in [4.78, 5) is 15.8. The van der Waals surface area contributed by atoms with Crippen LogP contribution in [0.25, 0.3) is 0 Å². The number of nitrogens with two attached hydrogens (primary N) is 1. The molecule has 0 spiro atoms. The van der Waals surface area contributed by atoms with E-state index in [-0.39, 0.29) is 30.7 Å². The summed E-state index contributed by atoms with van der Waals surface area (Å²) in [6.45, 7) is 4.66. The van der Waals surface area contributed by atoms with Crippen LogP contribution in [0, 0.1) is 5.41 Å². The van der Waals surface area contributed by atoms with Gasteiger partial charge >= 0.3 is 0 Å². The summed E-state index contributed by atoms with van der Waals surface area (Å²) in [6, 6.07) is 0. The van der Waals surface area contributed by atoms with Gasteiger partial charge in [-0.25, -0.2) is 4.98 Å². The highest BCUT2D eigenvalue weighted by atomic mass is 35.5. The minimum Gasteiger partial charge on any atom is -0.355 e. The largest absolute Gasteiger partial charge is 0.355 e. The van der Waals surface area contributed by atoms with Gasteiger partial charge in [0.2, 0.25) is 5.91 Å². The SMILES string of the molecule is CC(C)(CN)C(=O)NCCc1nccs1.Cl.Cl. The monoisotopic (exact) mass is 299 g/mol. The maximum Gasteiger partial charge on any atom is 0.226 e. The van der Waals surface area contributed by atoms with Crippen molar-refractivity contribution < 1.29 is 4.79 Å². The minimum atomic E-state index is -0.483. The number of nitrogens with one attached hydrogen (secondary N) is 1. The molecule has 0 bridgehead atoms. The highest BCUT2D eigenvalue weighted by molar-refractivity contribution is 7.09. The highest BCUT2D eigenvalue weighted by Gasteiger charge is 2.24. The summed E-state index contributed by atoms with van der Waals surface area (Å²) in [5, 5.41) is 5.83. The molecule has 1 amide bonds. The third-order valence-electron chi connectivity index (χ3n) is 2.23. The smallest absolute Gasteiger partial charge is 0.226 e. The van der Waals surface area contributed by atoms with Crippen LogP contribution < -0.4 is 11.1 Å². The molecule has 0 radical (unpaired) electrons. The molecule has 1 rings (SSSR count). The number of aromatic nitrogens is 1. The van der Waals surface area contributed by atoms with Gasteiger partial charge in [-0.2, -0.15) is 0 Å². The van der Waals surface area contributed by atoms with Crippen LogP contribution in [0.15, 0.2) is 11.6 Å². The van der Waals surface area contributed by atoms with E-state index in [1.807, 2.05) is 19.2 Å². The van der Waals surface area contributed by atoms with E-state index in [0.29, 0.717) is 13.1 Å². The molecule has 4 nitrogen and oxygen atoms in total. The van der Waals surface area contributed by atoms with Gasteiger partial charge < -0.3 is 11.1 Å².